The summed E-state index contributed by atoms with van der Waals surface area (Å²) in [6.07, 6.45) is 0.908. The van der Waals surface area contributed by atoms with Crippen molar-refractivity contribution in [2.45, 2.75) is 33.2 Å². The van der Waals surface area contributed by atoms with Crippen LogP contribution in [0.15, 0.2) is 0 Å². The summed E-state index contributed by atoms with van der Waals surface area (Å²) in [5, 5.41) is 9.70. The highest BCUT2D eigenvalue weighted by atomic mass is 16.5. The van der Waals surface area contributed by atoms with Crippen LogP contribution in [0.2, 0.25) is 0 Å². The fraction of sp³-hybridized carbons (Fsp3) is 0.750. The van der Waals surface area contributed by atoms with Crippen molar-refractivity contribution in [3.8, 4) is 0 Å². The van der Waals surface area contributed by atoms with Crippen molar-refractivity contribution in [3.63, 3.8) is 0 Å². The summed E-state index contributed by atoms with van der Waals surface area (Å²) in [6.45, 7) is 7.54. The van der Waals surface area contributed by atoms with Gasteiger partial charge in [0.1, 0.15) is 5.82 Å². The quantitative estimate of drug-likeness (QED) is 0.780. The highest BCUT2D eigenvalue weighted by Crippen LogP contribution is 2.07. The number of H-pyrrole nitrogens is 1. The van der Waals surface area contributed by atoms with E-state index < -0.39 is 0 Å². The van der Waals surface area contributed by atoms with Crippen molar-refractivity contribution in [1.29, 1.82) is 0 Å². The molecule has 0 fully saturated rings. The van der Waals surface area contributed by atoms with Crippen molar-refractivity contribution in [2.75, 3.05) is 26.8 Å². The first-order valence-corrected chi connectivity index (χ1v) is 6.51. The average Bonchev–Trinajstić information content (AvgIpc) is 2.81. The van der Waals surface area contributed by atoms with Gasteiger partial charge in [0.25, 0.3) is 0 Å². The third-order valence-electron chi connectivity index (χ3n) is 2.69. The molecule has 19 heavy (non-hydrogen) atoms. The first-order chi connectivity index (χ1) is 9.08. The van der Waals surface area contributed by atoms with Gasteiger partial charge in [0.15, 0.2) is 5.82 Å². The molecule has 0 bridgehead atoms. The molecule has 108 valence electrons. The number of nitrogens with one attached hydrogen (secondary N) is 2. The van der Waals surface area contributed by atoms with Crippen LogP contribution in [0.3, 0.4) is 0 Å². The van der Waals surface area contributed by atoms with Crippen LogP contribution in [-0.2, 0) is 4.74 Å². The summed E-state index contributed by atoms with van der Waals surface area (Å²) < 4.78 is 5.01. The molecule has 1 rings (SSSR count). The molecular weight excluding hydrogens is 246 g/mol. The maximum absolute atomic E-state index is 12.1. The minimum absolute atomic E-state index is 0.117. The minimum atomic E-state index is -0.223. The zero-order valence-corrected chi connectivity index (χ0v) is 12.1. The van der Waals surface area contributed by atoms with Crippen LogP contribution in [0.25, 0.3) is 0 Å². The highest BCUT2D eigenvalue weighted by Gasteiger charge is 2.17. The van der Waals surface area contributed by atoms with Gasteiger partial charge in [-0.05, 0) is 20.3 Å². The van der Waals surface area contributed by atoms with Gasteiger partial charge in [-0.25, -0.2) is 9.78 Å². The number of urea groups is 1. The topological polar surface area (TPSA) is 83.1 Å². The van der Waals surface area contributed by atoms with Gasteiger partial charge < -0.3 is 15.0 Å². The second-order valence-corrected chi connectivity index (χ2v) is 4.43. The number of ether oxygens (including phenoxy) is 1. The third kappa shape index (κ3) is 4.86. The number of nitrogens with zero attached hydrogens (tertiary/aromatic N) is 3. The number of rotatable bonds is 7. The SMILES string of the molecule is CCCN(CCOC)C(=O)N[C@H](C)c1n[nH]c(C)n1. The predicted molar refractivity (Wildman–Crippen MR) is 71.8 cm³/mol. The smallest absolute Gasteiger partial charge is 0.318 e. The molecule has 1 aromatic heterocycles. The maximum Gasteiger partial charge on any atom is 0.318 e. The molecule has 0 unspecified atom stereocenters. The maximum atomic E-state index is 12.1. The van der Waals surface area contributed by atoms with E-state index in [2.05, 4.69) is 20.5 Å². The molecule has 2 N–H and O–H groups in total. The number of amides is 2. The van der Waals surface area contributed by atoms with Gasteiger partial charge in [0.2, 0.25) is 0 Å². The Morgan fingerprint density at radius 1 is 1.53 bits per heavy atom. The van der Waals surface area contributed by atoms with E-state index in [0.717, 1.165) is 12.2 Å². The van der Waals surface area contributed by atoms with Crippen LogP contribution in [-0.4, -0.2) is 52.9 Å². The summed E-state index contributed by atoms with van der Waals surface area (Å²) in [5.41, 5.74) is 0. The van der Waals surface area contributed by atoms with E-state index >= 15 is 0 Å². The Kier molecular flexibility index (Phi) is 6.27. The Balaban J connectivity index is 2.54. The molecule has 0 aliphatic carbocycles. The van der Waals surface area contributed by atoms with Crippen LogP contribution in [0.4, 0.5) is 4.79 Å². The molecule has 1 aromatic rings. The number of hydrogen-bond donors (Lipinski definition) is 2. The lowest BCUT2D eigenvalue weighted by molar-refractivity contribution is 0.147. The molecule has 1 atom stereocenters. The van der Waals surface area contributed by atoms with Crippen molar-refractivity contribution in [1.82, 2.24) is 25.4 Å². The van der Waals surface area contributed by atoms with E-state index in [0.29, 0.717) is 25.5 Å². The molecular formula is C12H23N5O2. The van der Waals surface area contributed by atoms with Crippen LogP contribution < -0.4 is 5.32 Å². The van der Waals surface area contributed by atoms with E-state index in [4.69, 9.17) is 4.74 Å². The second kappa shape index (κ2) is 7.73. The Bertz CT molecular complexity index is 393. The number of hydrogen-bond acceptors (Lipinski definition) is 4. The van der Waals surface area contributed by atoms with E-state index in [1.54, 1.807) is 12.0 Å². The fourth-order valence-electron chi connectivity index (χ4n) is 1.68. The van der Waals surface area contributed by atoms with Crippen molar-refractivity contribution >= 4 is 6.03 Å². The lowest BCUT2D eigenvalue weighted by atomic mass is 10.3. The number of aromatic amines is 1. The van der Waals surface area contributed by atoms with E-state index in [1.807, 2.05) is 20.8 Å². The molecule has 0 aliphatic heterocycles. The zero-order valence-electron chi connectivity index (χ0n) is 12.1. The van der Waals surface area contributed by atoms with Crippen LogP contribution in [0.5, 0.6) is 0 Å². The number of aromatic nitrogens is 3. The number of carbonyl (C=O) groups is 1. The summed E-state index contributed by atoms with van der Waals surface area (Å²) in [6, 6.07) is -0.340. The lowest BCUT2D eigenvalue weighted by Gasteiger charge is -2.23. The fourth-order valence-corrected chi connectivity index (χ4v) is 1.68. The Labute approximate surface area is 113 Å². The molecule has 0 spiro atoms. The normalized spacial score (nSPS) is 12.2. The Morgan fingerprint density at radius 2 is 2.26 bits per heavy atom. The van der Waals surface area contributed by atoms with Crippen LogP contribution in [0, 0.1) is 6.92 Å². The largest absolute Gasteiger partial charge is 0.383 e. The van der Waals surface area contributed by atoms with Crippen LogP contribution >= 0.6 is 0 Å². The standard InChI is InChI=1S/C12H23N5O2/c1-5-6-17(7-8-19-4)12(18)13-9(2)11-14-10(3)15-16-11/h9H,5-8H2,1-4H3,(H,13,18)(H,14,15,16)/t9-/m1/s1. The number of methoxy groups -OCH3 is 1. The van der Waals surface area contributed by atoms with E-state index in [9.17, 15) is 4.79 Å². The van der Waals surface area contributed by atoms with Gasteiger partial charge >= 0.3 is 6.03 Å². The van der Waals surface area contributed by atoms with Crippen LogP contribution in [0.1, 0.15) is 38.0 Å². The van der Waals surface area contributed by atoms with Crippen molar-refractivity contribution in [3.05, 3.63) is 11.6 Å². The predicted octanol–water partition coefficient (Wildman–Crippen LogP) is 1.24. The zero-order chi connectivity index (χ0) is 14.3. The first kappa shape index (κ1) is 15.4. The average molecular weight is 269 g/mol. The Morgan fingerprint density at radius 3 is 2.79 bits per heavy atom. The molecule has 0 saturated heterocycles. The van der Waals surface area contributed by atoms with Gasteiger partial charge in [-0.3, -0.25) is 5.10 Å². The molecule has 0 saturated carbocycles. The van der Waals surface area contributed by atoms with Gasteiger partial charge in [0.05, 0.1) is 12.6 Å². The van der Waals surface area contributed by atoms with Gasteiger partial charge in [-0.15, -0.1) is 0 Å². The van der Waals surface area contributed by atoms with Crippen molar-refractivity contribution < 1.29 is 9.53 Å². The third-order valence-corrected chi connectivity index (χ3v) is 2.69. The lowest BCUT2D eigenvalue weighted by Crippen LogP contribution is -2.43. The monoisotopic (exact) mass is 269 g/mol. The summed E-state index contributed by atoms with van der Waals surface area (Å²) >= 11 is 0. The molecule has 7 nitrogen and oxygen atoms in total. The number of carbonyl (C=O) groups excluding carboxylic acids is 1. The van der Waals surface area contributed by atoms with Gasteiger partial charge in [-0.1, -0.05) is 6.92 Å². The highest BCUT2D eigenvalue weighted by molar-refractivity contribution is 5.74. The van der Waals surface area contributed by atoms with Crippen molar-refractivity contribution in [2.24, 2.45) is 0 Å². The molecule has 7 heteroatoms. The first-order valence-electron chi connectivity index (χ1n) is 6.51. The number of aryl methyl sites for hydroxylation is 1. The van der Waals surface area contributed by atoms with E-state index in [-0.39, 0.29) is 12.1 Å². The molecule has 0 aliphatic rings. The minimum Gasteiger partial charge on any atom is -0.383 e. The summed E-state index contributed by atoms with van der Waals surface area (Å²) in [5.74, 6) is 1.33. The Hall–Kier alpha value is -1.63. The molecule has 0 aromatic carbocycles. The molecule has 2 amide bonds. The van der Waals surface area contributed by atoms with E-state index in [1.165, 1.54) is 0 Å². The summed E-state index contributed by atoms with van der Waals surface area (Å²) in [4.78, 5) is 18.1. The summed E-state index contributed by atoms with van der Waals surface area (Å²) in [7, 11) is 1.63. The van der Waals surface area contributed by atoms with Gasteiger partial charge in [0, 0.05) is 20.2 Å². The molecule has 1 heterocycles. The van der Waals surface area contributed by atoms with Gasteiger partial charge in [-0.2, -0.15) is 5.10 Å². The molecule has 0 radical (unpaired) electrons. The second-order valence-electron chi connectivity index (χ2n) is 4.43.